The van der Waals surface area contributed by atoms with Gasteiger partial charge in [0.1, 0.15) is 5.82 Å². The Morgan fingerprint density at radius 1 is 0.950 bits per heavy atom. The highest BCUT2D eigenvalue weighted by molar-refractivity contribution is 5.82. The number of nitrogens with one attached hydrogen (secondary N) is 1. The summed E-state index contributed by atoms with van der Waals surface area (Å²) in [6, 6.07) is 14.9. The summed E-state index contributed by atoms with van der Waals surface area (Å²) >= 11 is 0. The Kier molecular flexibility index (Phi) is 2.89. The third kappa shape index (κ3) is 2.22. The summed E-state index contributed by atoms with van der Waals surface area (Å²) in [4.78, 5) is 8.12. The molecule has 1 N–H and O–H groups in total. The Morgan fingerprint density at radius 3 is 2.25 bits per heavy atom. The predicted octanol–water partition coefficient (Wildman–Crippen LogP) is 4.84. The maximum absolute atomic E-state index is 4.72. The van der Waals surface area contributed by atoms with Crippen molar-refractivity contribution in [1.82, 2.24) is 9.97 Å². The summed E-state index contributed by atoms with van der Waals surface area (Å²) in [5.74, 6) is 0.940. The number of fused-ring (bicyclic) bond motifs is 1. The first kappa shape index (κ1) is 12.9. The highest BCUT2D eigenvalue weighted by Gasteiger charge is 2.14. The second-order valence-corrected chi connectivity index (χ2v) is 6.38. The monoisotopic (exact) mass is 264 g/mol. The van der Waals surface area contributed by atoms with Crippen LogP contribution in [0.3, 0.4) is 0 Å². The van der Waals surface area contributed by atoms with Crippen LogP contribution in [0.15, 0.2) is 42.5 Å². The van der Waals surface area contributed by atoms with Gasteiger partial charge in [-0.1, -0.05) is 57.2 Å². The van der Waals surface area contributed by atoms with Crippen molar-refractivity contribution in [2.75, 3.05) is 0 Å². The molecule has 3 aromatic rings. The fourth-order valence-corrected chi connectivity index (χ4v) is 2.44. The number of aryl methyl sites for hydroxylation is 1. The van der Waals surface area contributed by atoms with Crippen LogP contribution in [0.2, 0.25) is 0 Å². The van der Waals surface area contributed by atoms with Crippen molar-refractivity contribution in [2.45, 2.75) is 33.1 Å². The Labute approximate surface area is 119 Å². The molecule has 1 aromatic heterocycles. The van der Waals surface area contributed by atoms with Gasteiger partial charge in [0.2, 0.25) is 0 Å². The largest absolute Gasteiger partial charge is 0.338 e. The maximum atomic E-state index is 4.72. The Hall–Kier alpha value is -2.09. The molecule has 0 radical (unpaired) electrons. The first-order valence-corrected chi connectivity index (χ1v) is 7.01. The number of hydrogen-bond acceptors (Lipinski definition) is 1. The van der Waals surface area contributed by atoms with Crippen molar-refractivity contribution in [1.29, 1.82) is 0 Å². The molecule has 0 saturated carbocycles. The van der Waals surface area contributed by atoms with Gasteiger partial charge in [-0.05, 0) is 29.5 Å². The van der Waals surface area contributed by atoms with Crippen LogP contribution < -0.4 is 0 Å². The lowest BCUT2D eigenvalue weighted by atomic mass is 9.87. The summed E-state index contributed by atoms with van der Waals surface area (Å²) < 4.78 is 0. The first-order chi connectivity index (χ1) is 9.45. The minimum absolute atomic E-state index is 0.184. The van der Waals surface area contributed by atoms with Crippen LogP contribution in [0.4, 0.5) is 0 Å². The molecule has 20 heavy (non-hydrogen) atoms. The van der Waals surface area contributed by atoms with E-state index in [1.165, 1.54) is 11.1 Å². The predicted molar refractivity (Wildman–Crippen MR) is 85.0 cm³/mol. The van der Waals surface area contributed by atoms with E-state index in [-0.39, 0.29) is 5.41 Å². The summed E-state index contributed by atoms with van der Waals surface area (Å²) in [6.45, 7) is 8.78. The van der Waals surface area contributed by atoms with Crippen LogP contribution in [-0.4, -0.2) is 9.97 Å². The van der Waals surface area contributed by atoms with Gasteiger partial charge in [0.15, 0.2) is 0 Å². The molecule has 0 spiro atoms. The standard InChI is InChI=1S/C18H20N2/c1-12-6-5-7-15-16(12)20-17(19-15)13-8-10-14(11-9-13)18(2,3)4/h5-11H,1-4H3,(H,19,20). The van der Waals surface area contributed by atoms with Gasteiger partial charge in [0.25, 0.3) is 0 Å². The first-order valence-electron chi connectivity index (χ1n) is 7.01. The molecule has 2 aromatic carbocycles. The van der Waals surface area contributed by atoms with Crippen LogP contribution in [0.25, 0.3) is 22.4 Å². The fourth-order valence-electron chi connectivity index (χ4n) is 2.44. The molecule has 1 heterocycles. The number of nitrogens with zero attached hydrogens (tertiary/aromatic N) is 1. The zero-order valence-corrected chi connectivity index (χ0v) is 12.5. The van der Waals surface area contributed by atoms with Gasteiger partial charge in [-0.25, -0.2) is 4.98 Å². The summed E-state index contributed by atoms with van der Waals surface area (Å²) in [5.41, 5.74) is 6.02. The molecular weight excluding hydrogens is 244 g/mol. The zero-order valence-electron chi connectivity index (χ0n) is 12.5. The van der Waals surface area contributed by atoms with E-state index in [1.807, 2.05) is 0 Å². The maximum Gasteiger partial charge on any atom is 0.138 e. The third-order valence-corrected chi connectivity index (χ3v) is 3.74. The molecule has 0 aliphatic rings. The molecule has 102 valence electrons. The molecule has 2 nitrogen and oxygen atoms in total. The summed E-state index contributed by atoms with van der Waals surface area (Å²) in [7, 11) is 0. The van der Waals surface area contributed by atoms with Gasteiger partial charge in [0, 0.05) is 5.56 Å². The van der Waals surface area contributed by atoms with Gasteiger partial charge in [-0.15, -0.1) is 0 Å². The number of para-hydroxylation sites is 1. The Morgan fingerprint density at radius 2 is 1.65 bits per heavy atom. The number of imidazole rings is 1. The van der Waals surface area contributed by atoms with Gasteiger partial charge in [0.05, 0.1) is 11.0 Å². The molecule has 0 aliphatic heterocycles. The number of aromatic amines is 1. The van der Waals surface area contributed by atoms with Crippen LogP contribution >= 0.6 is 0 Å². The van der Waals surface area contributed by atoms with E-state index in [2.05, 4.69) is 75.1 Å². The lowest BCUT2D eigenvalue weighted by Gasteiger charge is -2.18. The second-order valence-electron chi connectivity index (χ2n) is 6.38. The van der Waals surface area contributed by atoms with Crippen molar-refractivity contribution in [2.24, 2.45) is 0 Å². The van der Waals surface area contributed by atoms with Crippen LogP contribution in [-0.2, 0) is 5.41 Å². The highest BCUT2D eigenvalue weighted by Crippen LogP contribution is 2.26. The van der Waals surface area contributed by atoms with Gasteiger partial charge in [-0.3, -0.25) is 0 Å². The Bertz CT molecular complexity index is 743. The van der Waals surface area contributed by atoms with Gasteiger partial charge >= 0.3 is 0 Å². The van der Waals surface area contributed by atoms with Crippen molar-refractivity contribution < 1.29 is 0 Å². The molecule has 2 heteroatoms. The molecule has 0 bridgehead atoms. The lowest BCUT2D eigenvalue weighted by molar-refractivity contribution is 0.590. The normalized spacial score (nSPS) is 12.0. The van der Waals surface area contributed by atoms with Crippen molar-refractivity contribution in [3.05, 3.63) is 53.6 Å². The molecule has 0 fully saturated rings. The minimum Gasteiger partial charge on any atom is -0.338 e. The fraction of sp³-hybridized carbons (Fsp3) is 0.278. The molecule has 0 saturated heterocycles. The summed E-state index contributed by atoms with van der Waals surface area (Å²) in [5, 5.41) is 0. The molecular formula is C18H20N2. The average Bonchev–Trinajstić information content (AvgIpc) is 2.83. The number of hydrogen-bond donors (Lipinski definition) is 1. The molecule has 0 atom stereocenters. The minimum atomic E-state index is 0.184. The van der Waals surface area contributed by atoms with E-state index in [0.29, 0.717) is 0 Å². The van der Waals surface area contributed by atoms with E-state index in [1.54, 1.807) is 0 Å². The number of H-pyrrole nitrogens is 1. The smallest absolute Gasteiger partial charge is 0.138 e. The lowest BCUT2D eigenvalue weighted by Crippen LogP contribution is -2.10. The van der Waals surface area contributed by atoms with Crippen molar-refractivity contribution in [3.8, 4) is 11.4 Å². The molecule has 0 amide bonds. The average molecular weight is 264 g/mol. The Balaban J connectivity index is 2.05. The number of benzene rings is 2. The second kappa shape index (κ2) is 4.48. The van der Waals surface area contributed by atoms with E-state index in [9.17, 15) is 0 Å². The zero-order chi connectivity index (χ0) is 14.3. The van der Waals surface area contributed by atoms with Crippen LogP contribution in [0.1, 0.15) is 31.9 Å². The third-order valence-electron chi connectivity index (χ3n) is 3.74. The van der Waals surface area contributed by atoms with E-state index in [0.717, 1.165) is 22.4 Å². The van der Waals surface area contributed by atoms with Gasteiger partial charge in [-0.2, -0.15) is 0 Å². The number of rotatable bonds is 1. The quantitative estimate of drug-likeness (QED) is 0.669. The summed E-state index contributed by atoms with van der Waals surface area (Å²) in [6.07, 6.45) is 0. The molecule has 0 unspecified atom stereocenters. The van der Waals surface area contributed by atoms with Crippen molar-refractivity contribution in [3.63, 3.8) is 0 Å². The number of aromatic nitrogens is 2. The van der Waals surface area contributed by atoms with Crippen LogP contribution in [0.5, 0.6) is 0 Å². The SMILES string of the molecule is Cc1cccc2[nH]c(-c3ccc(C(C)(C)C)cc3)nc12. The molecule has 3 rings (SSSR count). The van der Waals surface area contributed by atoms with E-state index >= 15 is 0 Å². The highest BCUT2D eigenvalue weighted by atomic mass is 14.9. The van der Waals surface area contributed by atoms with Crippen LogP contribution in [0, 0.1) is 6.92 Å². The topological polar surface area (TPSA) is 28.7 Å². The van der Waals surface area contributed by atoms with E-state index in [4.69, 9.17) is 4.98 Å². The van der Waals surface area contributed by atoms with Gasteiger partial charge < -0.3 is 4.98 Å². The van der Waals surface area contributed by atoms with Crippen molar-refractivity contribution >= 4 is 11.0 Å². The molecule has 0 aliphatic carbocycles. The van der Waals surface area contributed by atoms with E-state index < -0.39 is 0 Å².